The minimum Gasteiger partial charge on any atom is -0.204 e. The molecule has 0 fully saturated rings. The Balaban J connectivity index is 3.60. The Morgan fingerprint density at radius 2 is 0.750 bits per heavy atom. The summed E-state index contributed by atoms with van der Waals surface area (Å²) in [5.74, 6) is -1.09. The van der Waals surface area contributed by atoms with Crippen molar-refractivity contribution in [1.29, 1.82) is 0 Å². The number of rotatable bonds is 0. The highest BCUT2D eigenvalue weighted by molar-refractivity contribution is 9.14. The van der Waals surface area contributed by atoms with Gasteiger partial charge >= 0.3 is 0 Å². The molecule has 12 heavy (non-hydrogen) atoms. The van der Waals surface area contributed by atoms with Gasteiger partial charge in [0, 0.05) is 0 Å². The molecule has 1 aromatic rings. The van der Waals surface area contributed by atoms with Crippen LogP contribution in [0.4, 0.5) is 8.78 Å². The predicted molar refractivity (Wildman–Crippen MR) is 57.2 cm³/mol. The predicted octanol–water partition coefficient (Wildman–Crippen LogP) is 5.01. The molecule has 0 aliphatic carbocycles. The molecule has 0 atom stereocenters. The van der Waals surface area contributed by atoms with Crippen molar-refractivity contribution in [3.8, 4) is 0 Å². The lowest BCUT2D eigenvalue weighted by atomic mass is 10.3. The van der Waals surface area contributed by atoms with Gasteiger partial charge in [0.1, 0.15) is 0 Å². The van der Waals surface area contributed by atoms with E-state index < -0.39 is 11.6 Å². The van der Waals surface area contributed by atoms with E-state index in [4.69, 9.17) is 0 Å². The first-order valence-corrected chi connectivity index (χ1v) is 5.81. The molecule has 0 saturated heterocycles. The first kappa shape index (κ1) is 11.1. The van der Waals surface area contributed by atoms with Gasteiger partial charge in [-0.1, -0.05) is 0 Å². The fourth-order valence-corrected chi connectivity index (χ4v) is 2.60. The van der Waals surface area contributed by atoms with E-state index in [1.165, 1.54) is 0 Å². The van der Waals surface area contributed by atoms with Crippen LogP contribution in [0.5, 0.6) is 0 Å². The summed E-state index contributed by atoms with van der Waals surface area (Å²) in [5.41, 5.74) is 0. The highest BCUT2D eigenvalue weighted by Gasteiger charge is 2.18. The molecule has 0 unspecified atom stereocenters. The molecule has 1 rings (SSSR count). The van der Waals surface area contributed by atoms with Crippen LogP contribution >= 0.6 is 63.7 Å². The van der Waals surface area contributed by atoms with E-state index in [0.29, 0.717) is 0 Å². The van der Waals surface area contributed by atoms with Crippen LogP contribution < -0.4 is 0 Å². The van der Waals surface area contributed by atoms with Crippen LogP contribution in [0, 0.1) is 11.6 Å². The molecule has 0 saturated carbocycles. The molecule has 66 valence electrons. The van der Waals surface area contributed by atoms with Gasteiger partial charge in [0.2, 0.25) is 0 Å². The number of halogens is 6. The third kappa shape index (κ3) is 1.76. The van der Waals surface area contributed by atoms with Crippen molar-refractivity contribution in [3.63, 3.8) is 0 Å². The molecule has 0 aliphatic rings. The summed E-state index contributed by atoms with van der Waals surface area (Å²) in [6, 6.07) is 0. The summed E-state index contributed by atoms with van der Waals surface area (Å²) >= 11 is 11.6. The second kappa shape index (κ2) is 4.02. The van der Waals surface area contributed by atoms with Gasteiger partial charge in [0.15, 0.2) is 11.6 Å². The molecule has 0 radical (unpaired) electrons. The first-order valence-electron chi connectivity index (χ1n) is 2.63. The van der Waals surface area contributed by atoms with Gasteiger partial charge in [0.25, 0.3) is 0 Å². The molecule has 0 amide bonds. The summed E-state index contributed by atoms with van der Waals surface area (Å²) in [4.78, 5) is 0. The van der Waals surface area contributed by atoms with Gasteiger partial charge in [-0.3, -0.25) is 0 Å². The van der Waals surface area contributed by atoms with Gasteiger partial charge in [-0.15, -0.1) is 0 Å². The Morgan fingerprint density at radius 1 is 0.583 bits per heavy atom. The molecule has 0 bridgehead atoms. The van der Waals surface area contributed by atoms with E-state index >= 15 is 0 Å². The zero-order chi connectivity index (χ0) is 9.46. The van der Waals surface area contributed by atoms with Crippen LogP contribution in [0.2, 0.25) is 0 Å². The Morgan fingerprint density at radius 3 is 0.917 bits per heavy atom. The van der Waals surface area contributed by atoms with Crippen molar-refractivity contribution in [2.75, 3.05) is 0 Å². The highest BCUT2D eigenvalue weighted by Crippen LogP contribution is 2.39. The van der Waals surface area contributed by atoms with Gasteiger partial charge < -0.3 is 0 Å². The van der Waals surface area contributed by atoms with Gasteiger partial charge in [-0.2, -0.15) is 0 Å². The topological polar surface area (TPSA) is 0 Å². The van der Waals surface area contributed by atoms with E-state index in [1.807, 2.05) is 0 Å². The van der Waals surface area contributed by atoms with Crippen molar-refractivity contribution in [2.45, 2.75) is 0 Å². The van der Waals surface area contributed by atoms with Crippen LogP contribution in [-0.4, -0.2) is 0 Å². The molecular weight excluding hydrogens is 430 g/mol. The number of hydrogen-bond donors (Lipinski definition) is 0. The molecule has 0 N–H and O–H groups in total. The molecule has 0 heterocycles. The zero-order valence-electron chi connectivity index (χ0n) is 5.27. The van der Waals surface area contributed by atoms with Crippen LogP contribution in [0.3, 0.4) is 0 Å². The quantitative estimate of drug-likeness (QED) is 0.401. The standard InChI is InChI=1S/C6Br4F2/c7-1-2(8)6(12)4(10)3(9)5(1)11. The Bertz CT molecular complexity index is 232. The summed E-state index contributed by atoms with van der Waals surface area (Å²) in [5, 5.41) is 0. The van der Waals surface area contributed by atoms with Crippen LogP contribution in [0.15, 0.2) is 17.9 Å². The summed E-state index contributed by atoms with van der Waals surface area (Å²) in [6.07, 6.45) is 0. The lowest BCUT2D eigenvalue weighted by Gasteiger charge is -2.05. The minimum absolute atomic E-state index is 0.0649. The largest absolute Gasteiger partial charge is 0.204 e. The molecule has 0 aliphatic heterocycles. The van der Waals surface area contributed by atoms with Crippen LogP contribution in [0.1, 0.15) is 0 Å². The van der Waals surface area contributed by atoms with E-state index in [-0.39, 0.29) is 17.9 Å². The van der Waals surface area contributed by atoms with E-state index in [2.05, 4.69) is 63.7 Å². The first-order chi connectivity index (χ1) is 5.46. The smallest absolute Gasteiger partial charge is 0.154 e. The minimum atomic E-state index is -0.546. The van der Waals surface area contributed by atoms with Gasteiger partial charge in [-0.25, -0.2) is 8.78 Å². The molecular formula is C6Br4F2. The van der Waals surface area contributed by atoms with Crippen molar-refractivity contribution in [2.24, 2.45) is 0 Å². The fourth-order valence-electron chi connectivity index (χ4n) is 0.578. The lowest BCUT2D eigenvalue weighted by molar-refractivity contribution is 0.577. The van der Waals surface area contributed by atoms with Crippen LogP contribution in [0.25, 0.3) is 0 Å². The molecule has 6 heteroatoms. The van der Waals surface area contributed by atoms with Crippen molar-refractivity contribution >= 4 is 63.7 Å². The normalized spacial score (nSPS) is 10.5. The Kier molecular flexibility index (Phi) is 3.71. The number of benzene rings is 1. The lowest BCUT2D eigenvalue weighted by Crippen LogP contribution is -1.89. The second-order valence-electron chi connectivity index (χ2n) is 1.88. The molecule has 0 nitrogen and oxygen atoms in total. The summed E-state index contributed by atoms with van der Waals surface area (Å²) in [6.45, 7) is 0. The van der Waals surface area contributed by atoms with E-state index in [1.54, 1.807) is 0 Å². The summed E-state index contributed by atoms with van der Waals surface area (Å²) in [7, 11) is 0. The van der Waals surface area contributed by atoms with Crippen molar-refractivity contribution < 1.29 is 8.78 Å². The van der Waals surface area contributed by atoms with Crippen LogP contribution in [-0.2, 0) is 0 Å². The van der Waals surface area contributed by atoms with Crippen molar-refractivity contribution in [1.82, 2.24) is 0 Å². The average molecular weight is 430 g/mol. The molecule has 1 aromatic carbocycles. The maximum atomic E-state index is 13.1. The monoisotopic (exact) mass is 426 g/mol. The third-order valence-corrected chi connectivity index (χ3v) is 5.20. The third-order valence-electron chi connectivity index (χ3n) is 1.16. The molecule has 0 aromatic heterocycles. The number of hydrogen-bond acceptors (Lipinski definition) is 0. The van der Waals surface area contributed by atoms with E-state index in [9.17, 15) is 8.78 Å². The maximum absolute atomic E-state index is 13.1. The SMILES string of the molecule is Fc1c(Br)c(Br)c(F)c(Br)c1Br. The highest BCUT2D eigenvalue weighted by atomic mass is 79.9. The Hall–Kier alpha value is 1.000. The second-order valence-corrected chi connectivity index (χ2v) is 5.06. The fraction of sp³-hybridized carbons (Fsp3) is 0. The average Bonchev–Trinajstić information content (AvgIpc) is 2.08. The Labute approximate surface area is 101 Å². The molecule has 0 spiro atoms. The van der Waals surface area contributed by atoms with Crippen molar-refractivity contribution in [3.05, 3.63) is 29.5 Å². The van der Waals surface area contributed by atoms with Gasteiger partial charge in [-0.05, 0) is 63.7 Å². The van der Waals surface area contributed by atoms with Gasteiger partial charge in [0.05, 0.1) is 17.9 Å². The zero-order valence-corrected chi connectivity index (χ0v) is 11.6. The van der Waals surface area contributed by atoms with E-state index in [0.717, 1.165) is 0 Å². The maximum Gasteiger partial charge on any atom is 0.154 e. The summed E-state index contributed by atoms with van der Waals surface area (Å²) < 4.78 is 26.5.